The molecule has 3 aromatic rings. The van der Waals surface area contributed by atoms with E-state index in [1.54, 1.807) is 30.3 Å². The number of benzene rings is 1. The SMILES string of the molecule is CCOc1ccc2oc(-c3ccc(Cl)s3)c(C(=O)O)c2c1. The summed E-state index contributed by atoms with van der Waals surface area (Å²) >= 11 is 7.20. The first-order valence-electron chi connectivity index (χ1n) is 6.28. The molecule has 1 aromatic carbocycles. The summed E-state index contributed by atoms with van der Waals surface area (Å²) in [5.74, 6) is -0.103. The van der Waals surface area contributed by atoms with E-state index in [-0.39, 0.29) is 5.56 Å². The Morgan fingerprint density at radius 2 is 2.19 bits per heavy atom. The van der Waals surface area contributed by atoms with Gasteiger partial charge >= 0.3 is 5.97 Å². The molecule has 108 valence electrons. The van der Waals surface area contributed by atoms with Gasteiger partial charge in [-0.3, -0.25) is 0 Å². The minimum Gasteiger partial charge on any atom is -0.494 e. The van der Waals surface area contributed by atoms with Gasteiger partial charge < -0.3 is 14.3 Å². The van der Waals surface area contributed by atoms with Crippen molar-refractivity contribution >= 4 is 39.9 Å². The van der Waals surface area contributed by atoms with Gasteiger partial charge in [0.25, 0.3) is 0 Å². The zero-order valence-corrected chi connectivity index (χ0v) is 12.6. The lowest BCUT2D eigenvalue weighted by atomic mass is 10.1. The number of aromatic carboxylic acids is 1. The van der Waals surface area contributed by atoms with Crippen molar-refractivity contribution in [2.75, 3.05) is 6.61 Å². The minimum atomic E-state index is -1.04. The van der Waals surface area contributed by atoms with Crippen LogP contribution in [0, 0.1) is 0 Å². The number of halogens is 1. The number of hydrogen-bond donors (Lipinski definition) is 1. The number of fused-ring (bicyclic) bond motifs is 1. The lowest BCUT2D eigenvalue weighted by Gasteiger charge is -2.01. The summed E-state index contributed by atoms with van der Waals surface area (Å²) in [5, 5.41) is 10.0. The number of rotatable bonds is 4. The molecule has 0 saturated heterocycles. The highest BCUT2D eigenvalue weighted by molar-refractivity contribution is 7.19. The van der Waals surface area contributed by atoms with Crippen molar-refractivity contribution in [3.8, 4) is 16.4 Å². The fourth-order valence-corrected chi connectivity index (χ4v) is 3.19. The van der Waals surface area contributed by atoms with Gasteiger partial charge in [0, 0.05) is 5.39 Å². The summed E-state index contributed by atoms with van der Waals surface area (Å²) in [6.45, 7) is 2.38. The molecule has 2 heterocycles. The Morgan fingerprint density at radius 3 is 2.81 bits per heavy atom. The number of carbonyl (C=O) groups is 1. The number of thiophene rings is 1. The summed E-state index contributed by atoms with van der Waals surface area (Å²) in [4.78, 5) is 12.3. The molecule has 21 heavy (non-hydrogen) atoms. The average molecular weight is 323 g/mol. The van der Waals surface area contributed by atoms with Gasteiger partial charge in [0.2, 0.25) is 0 Å². The molecule has 0 amide bonds. The normalized spacial score (nSPS) is 11.0. The van der Waals surface area contributed by atoms with Gasteiger partial charge in [0.05, 0.1) is 15.8 Å². The standard InChI is InChI=1S/C15H11ClO4S/c1-2-19-8-3-4-10-9(7-8)13(15(17)18)14(20-10)11-5-6-12(16)21-11/h3-7H,2H2,1H3,(H,17,18). The maximum absolute atomic E-state index is 11.6. The van der Waals surface area contributed by atoms with Crippen molar-refractivity contribution < 1.29 is 19.1 Å². The molecule has 0 aliphatic heterocycles. The number of hydrogen-bond acceptors (Lipinski definition) is 4. The van der Waals surface area contributed by atoms with E-state index in [2.05, 4.69) is 0 Å². The highest BCUT2D eigenvalue weighted by atomic mass is 35.5. The zero-order valence-electron chi connectivity index (χ0n) is 11.1. The Labute approximate surface area is 129 Å². The fraction of sp³-hybridized carbons (Fsp3) is 0.133. The Morgan fingerprint density at radius 1 is 1.38 bits per heavy atom. The van der Waals surface area contributed by atoms with Crippen LogP contribution in [-0.2, 0) is 0 Å². The van der Waals surface area contributed by atoms with Crippen LogP contribution in [0.5, 0.6) is 5.75 Å². The largest absolute Gasteiger partial charge is 0.494 e. The smallest absolute Gasteiger partial charge is 0.340 e. The van der Waals surface area contributed by atoms with Gasteiger partial charge in [-0.15, -0.1) is 11.3 Å². The third kappa shape index (κ3) is 2.50. The molecule has 2 aromatic heterocycles. The molecule has 0 fully saturated rings. The molecule has 3 rings (SSSR count). The lowest BCUT2D eigenvalue weighted by molar-refractivity contribution is 0.0699. The molecular weight excluding hydrogens is 312 g/mol. The van der Waals surface area contributed by atoms with Crippen molar-refractivity contribution in [3.63, 3.8) is 0 Å². The third-order valence-electron chi connectivity index (χ3n) is 2.98. The van der Waals surface area contributed by atoms with Crippen molar-refractivity contribution in [1.82, 2.24) is 0 Å². The monoisotopic (exact) mass is 322 g/mol. The second kappa shape index (κ2) is 5.42. The maximum Gasteiger partial charge on any atom is 0.340 e. The topological polar surface area (TPSA) is 59.7 Å². The van der Waals surface area contributed by atoms with Crippen LogP contribution in [-0.4, -0.2) is 17.7 Å². The van der Waals surface area contributed by atoms with E-state index < -0.39 is 5.97 Å². The average Bonchev–Trinajstić information content (AvgIpc) is 3.01. The van der Waals surface area contributed by atoms with Crippen LogP contribution in [0.2, 0.25) is 4.34 Å². The molecule has 4 nitrogen and oxygen atoms in total. The lowest BCUT2D eigenvalue weighted by Crippen LogP contribution is -1.97. The summed E-state index contributed by atoms with van der Waals surface area (Å²) in [6.07, 6.45) is 0. The summed E-state index contributed by atoms with van der Waals surface area (Å²) in [5.41, 5.74) is 0.639. The second-order valence-corrected chi connectivity index (χ2v) is 6.02. The number of furan rings is 1. The van der Waals surface area contributed by atoms with E-state index in [9.17, 15) is 9.90 Å². The molecule has 0 saturated carbocycles. The molecule has 0 bridgehead atoms. The van der Waals surface area contributed by atoms with Crippen molar-refractivity contribution in [1.29, 1.82) is 0 Å². The molecule has 0 radical (unpaired) electrons. The summed E-state index contributed by atoms with van der Waals surface area (Å²) in [6, 6.07) is 8.62. The minimum absolute atomic E-state index is 0.130. The number of carboxylic acid groups (broad SMARTS) is 1. The van der Waals surface area contributed by atoms with Gasteiger partial charge in [-0.2, -0.15) is 0 Å². The highest BCUT2D eigenvalue weighted by Crippen LogP contribution is 2.39. The Balaban J connectivity index is 2.25. The Kier molecular flexibility index (Phi) is 3.61. The van der Waals surface area contributed by atoms with Gasteiger partial charge in [-0.05, 0) is 37.3 Å². The maximum atomic E-state index is 11.6. The quantitative estimate of drug-likeness (QED) is 0.741. The van der Waals surface area contributed by atoms with Crippen molar-refractivity contribution in [2.24, 2.45) is 0 Å². The van der Waals surface area contributed by atoms with Crippen LogP contribution >= 0.6 is 22.9 Å². The zero-order chi connectivity index (χ0) is 15.0. The summed E-state index contributed by atoms with van der Waals surface area (Å²) < 4.78 is 11.7. The first kappa shape index (κ1) is 14.0. The van der Waals surface area contributed by atoms with Crippen LogP contribution in [0.3, 0.4) is 0 Å². The predicted octanol–water partition coefficient (Wildman–Crippen LogP) is 4.91. The van der Waals surface area contributed by atoms with E-state index in [1.165, 1.54) is 11.3 Å². The molecule has 0 unspecified atom stereocenters. The van der Waals surface area contributed by atoms with E-state index in [4.69, 9.17) is 20.8 Å². The van der Waals surface area contributed by atoms with Crippen LogP contribution in [0.1, 0.15) is 17.3 Å². The molecule has 0 aliphatic carbocycles. The predicted molar refractivity (Wildman–Crippen MR) is 82.7 cm³/mol. The molecule has 6 heteroatoms. The van der Waals surface area contributed by atoms with Crippen LogP contribution in [0.25, 0.3) is 21.6 Å². The van der Waals surface area contributed by atoms with E-state index in [0.29, 0.717) is 38.3 Å². The van der Waals surface area contributed by atoms with Crippen LogP contribution in [0.15, 0.2) is 34.7 Å². The van der Waals surface area contributed by atoms with Crippen LogP contribution < -0.4 is 4.74 Å². The van der Waals surface area contributed by atoms with E-state index in [1.807, 2.05) is 6.92 Å². The fourth-order valence-electron chi connectivity index (χ4n) is 2.16. The van der Waals surface area contributed by atoms with Crippen LogP contribution in [0.4, 0.5) is 0 Å². The number of ether oxygens (including phenoxy) is 1. The molecule has 1 N–H and O–H groups in total. The van der Waals surface area contributed by atoms with Crippen molar-refractivity contribution in [3.05, 3.63) is 40.2 Å². The third-order valence-corrected chi connectivity index (χ3v) is 4.21. The van der Waals surface area contributed by atoms with Gasteiger partial charge in [0.15, 0.2) is 5.76 Å². The Bertz CT molecular complexity index is 818. The molecule has 0 spiro atoms. The molecule has 0 atom stereocenters. The first-order valence-corrected chi connectivity index (χ1v) is 7.48. The van der Waals surface area contributed by atoms with E-state index in [0.717, 1.165) is 0 Å². The highest BCUT2D eigenvalue weighted by Gasteiger charge is 2.23. The van der Waals surface area contributed by atoms with Gasteiger partial charge in [0.1, 0.15) is 16.9 Å². The Hall–Kier alpha value is -1.98. The number of carboxylic acids is 1. The first-order chi connectivity index (χ1) is 10.1. The molecule has 0 aliphatic rings. The van der Waals surface area contributed by atoms with E-state index >= 15 is 0 Å². The van der Waals surface area contributed by atoms with Crippen molar-refractivity contribution in [2.45, 2.75) is 6.92 Å². The van der Waals surface area contributed by atoms with Gasteiger partial charge in [-0.25, -0.2) is 4.79 Å². The summed E-state index contributed by atoms with van der Waals surface area (Å²) in [7, 11) is 0. The second-order valence-electron chi connectivity index (χ2n) is 4.31. The molecular formula is C15H11ClO4S. The van der Waals surface area contributed by atoms with Gasteiger partial charge in [-0.1, -0.05) is 11.6 Å².